The molecule has 1 aliphatic heterocycles. The Kier molecular flexibility index (Phi) is 4.84. The van der Waals surface area contributed by atoms with E-state index in [0.717, 1.165) is 0 Å². The quantitative estimate of drug-likeness (QED) is 0.477. The lowest BCUT2D eigenvalue weighted by Gasteiger charge is -2.37. The van der Waals surface area contributed by atoms with Crippen LogP contribution in [0.15, 0.2) is 59.1 Å². The summed E-state index contributed by atoms with van der Waals surface area (Å²) in [6, 6.07) is 14.5. The zero-order valence-electron chi connectivity index (χ0n) is 13.1. The van der Waals surface area contributed by atoms with Crippen LogP contribution in [-0.4, -0.2) is 10.8 Å². The van der Waals surface area contributed by atoms with Crippen LogP contribution in [0.3, 0.4) is 0 Å². The van der Waals surface area contributed by atoms with E-state index in [4.69, 9.17) is 11.6 Å². The van der Waals surface area contributed by atoms with Crippen molar-refractivity contribution >= 4 is 41.5 Å². The highest BCUT2D eigenvalue weighted by atomic mass is 35.5. The number of amides is 1. The van der Waals surface area contributed by atoms with Crippen LogP contribution in [0.25, 0.3) is 0 Å². The summed E-state index contributed by atoms with van der Waals surface area (Å²) >= 11 is 10.3. The van der Waals surface area contributed by atoms with E-state index in [2.05, 4.69) is 17.9 Å². The molecule has 0 aliphatic carbocycles. The summed E-state index contributed by atoms with van der Waals surface area (Å²) in [6.45, 7) is 0. The summed E-state index contributed by atoms with van der Waals surface area (Å²) in [5, 5.41) is 23.7. The van der Waals surface area contributed by atoms with Gasteiger partial charge in [0, 0.05) is 28.4 Å². The topological polar surface area (TPSA) is 99.3 Å². The monoisotopic (exact) mass is 386 g/mol. The van der Waals surface area contributed by atoms with E-state index < -0.39 is 17.0 Å². The number of benzene rings is 2. The number of nitriles is 1. The molecule has 1 N–H and O–H groups in total. The van der Waals surface area contributed by atoms with Crippen molar-refractivity contribution in [3.63, 3.8) is 0 Å². The van der Waals surface area contributed by atoms with Gasteiger partial charge in [-0.2, -0.15) is 5.26 Å². The molecule has 7 nitrogen and oxygen atoms in total. The first-order valence-electron chi connectivity index (χ1n) is 7.35. The van der Waals surface area contributed by atoms with E-state index in [1.165, 1.54) is 18.2 Å². The van der Waals surface area contributed by atoms with Crippen molar-refractivity contribution in [2.24, 2.45) is 0 Å². The van der Waals surface area contributed by atoms with Gasteiger partial charge in [-0.05, 0) is 24.3 Å². The molecule has 130 valence electrons. The number of halogens is 1. The van der Waals surface area contributed by atoms with Crippen LogP contribution >= 0.6 is 24.2 Å². The smallest absolute Gasteiger partial charge is 0.269 e. The number of nitro benzene ring substituents is 1. The fourth-order valence-corrected chi connectivity index (χ4v) is 3.13. The Labute approximate surface area is 159 Å². The predicted octanol–water partition coefficient (Wildman–Crippen LogP) is 3.55. The number of carbonyl (C=O) groups excluding carboxylic acids is 1. The van der Waals surface area contributed by atoms with Gasteiger partial charge in [-0.3, -0.25) is 14.9 Å². The van der Waals surface area contributed by atoms with Crippen LogP contribution in [0.5, 0.6) is 0 Å². The highest BCUT2D eigenvalue weighted by Crippen LogP contribution is 2.36. The Morgan fingerprint density at radius 1 is 1.27 bits per heavy atom. The van der Waals surface area contributed by atoms with Gasteiger partial charge in [0.1, 0.15) is 17.8 Å². The van der Waals surface area contributed by atoms with Crippen molar-refractivity contribution in [2.75, 3.05) is 4.90 Å². The first kappa shape index (κ1) is 17.8. The molecule has 2 aromatic rings. The third-order valence-corrected chi connectivity index (χ3v) is 4.51. The van der Waals surface area contributed by atoms with Crippen LogP contribution < -0.4 is 10.2 Å². The Morgan fingerprint density at radius 3 is 2.58 bits per heavy atom. The number of nitrogens with one attached hydrogen (secondary N) is 1. The molecule has 1 heterocycles. The number of rotatable bonds is 3. The molecule has 26 heavy (non-hydrogen) atoms. The molecule has 0 saturated heterocycles. The third-order valence-electron chi connectivity index (χ3n) is 3.82. The minimum atomic E-state index is -0.770. The molecule has 2 aromatic carbocycles. The number of hydrogen-bond acceptors (Lipinski definition) is 6. The molecule has 0 radical (unpaired) electrons. The van der Waals surface area contributed by atoms with Gasteiger partial charge >= 0.3 is 0 Å². The fraction of sp³-hybridized carbons (Fsp3) is 0.0588. The third kappa shape index (κ3) is 3.22. The van der Waals surface area contributed by atoms with E-state index in [1.54, 1.807) is 35.2 Å². The number of carbonyl (C=O) groups is 1. The highest BCUT2D eigenvalue weighted by molar-refractivity contribution is 7.84. The van der Waals surface area contributed by atoms with Gasteiger partial charge < -0.3 is 10.2 Å². The highest BCUT2D eigenvalue weighted by Gasteiger charge is 2.34. The van der Waals surface area contributed by atoms with Gasteiger partial charge in [-0.25, -0.2) is 0 Å². The minimum absolute atomic E-state index is 0.108. The van der Waals surface area contributed by atoms with Gasteiger partial charge in [-0.15, -0.1) is 12.6 Å². The molecule has 1 atom stereocenters. The Balaban J connectivity index is 2.16. The van der Waals surface area contributed by atoms with Gasteiger partial charge in [0.25, 0.3) is 11.6 Å². The maximum atomic E-state index is 12.2. The molecule has 1 aliphatic rings. The molecule has 0 spiro atoms. The number of thiol groups is 1. The van der Waals surface area contributed by atoms with Gasteiger partial charge in [0.05, 0.1) is 9.95 Å². The van der Waals surface area contributed by atoms with Crippen LogP contribution in [0.2, 0.25) is 5.02 Å². The summed E-state index contributed by atoms with van der Waals surface area (Å²) in [5.41, 5.74) is 0.836. The van der Waals surface area contributed by atoms with E-state index in [9.17, 15) is 20.2 Å². The van der Waals surface area contributed by atoms with E-state index in [0.29, 0.717) is 16.3 Å². The van der Waals surface area contributed by atoms with Gasteiger partial charge in [0.15, 0.2) is 0 Å². The predicted molar refractivity (Wildman–Crippen MR) is 99.5 cm³/mol. The van der Waals surface area contributed by atoms with Crippen molar-refractivity contribution in [1.29, 1.82) is 5.26 Å². The van der Waals surface area contributed by atoms with Crippen LogP contribution in [-0.2, 0) is 4.79 Å². The van der Waals surface area contributed by atoms with E-state index in [-0.39, 0.29) is 16.3 Å². The lowest BCUT2D eigenvalue weighted by atomic mass is 10.1. The molecule has 1 unspecified atom stereocenters. The SMILES string of the molecule is N#CC1=C(S)N(c2ccc(Cl)cc2)C(c2cccc([N+](=O)[O-])c2)NC1=O. The summed E-state index contributed by atoms with van der Waals surface area (Å²) in [7, 11) is 0. The fourth-order valence-electron chi connectivity index (χ4n) is 2.62. The average molecular weight is 387 g/mol. The second kappa shape index (κ2) is 7.07. The lowest BCUT2D eigenvalue weighted by molar-refractivity contribution is -0.384. The van der Waals surface area contributed by atoms with Crippen LogP contribution in [0.4, 0.5) is 11.4 Å². The zero-order valence-corrected chi connectivity index (χ0v) is 14.7. The largest absolute Gasteiger partial charge is 0.327 e. The Hall–Kier alpha value is -3.02. The van der Waals surface area contributed by atoms with Crippen molar-refractivity contribution in [2.45, 2.75) is 6.17 Å². The van der Waals surface area contributed by atoms with Crippen molar-refractivity contribution < 1.29 is 9.72 Å². The standard InChI is InChI=1S/C17H11ClN4O3S/c18-11-4-6-12(7-5-11)21-15(20-16(23)14(9-19)17(21)26)10-2-1-3-13(8-10)22(24)25/h1-8,15,26H,(H,20,23). The van der Waals surface area contributed by atoms with Crippen LogP contribution in [0.1, 0.15) is 11.7 Å². The van der Waals surface area contributed by atoms with Crippen molar-refractivity contribution in [1.82, 2.24) is 5.32 Å². The number of nitrogens with zero attached hydrogens (tertiary/aromatic N) is 3. The number of anilines is 1. The maximum Gasteiger partial charge on any atom is 0.269 e. The molecule has 0 fully saturated rings. The lowest BCUT2D eigenvalue weighted by Crippen LogP contribution is -2.46. The van der Waals surface area contributed by atoms with Gasteiger partial charge in [0.2, 0.25) is 0 Å². The Bertz CT molecular complexity index is 969. The first-order valence-corrected chi connectivity index (χ1v) is 8.18. The summed E-state index contributed by atoms with van der Waals surface area (Å²) in [6.07, 6.45) is -0.770. The van der Waals surface area contributed by atoms with E-state index >= 15 is 0 Å². The summed E-state index contributed by atoms with van der Waals surface area (Å²) in [5.74, 6) is -0.598. The second-order valence-corrected chi connectivity index (χ2v) is 6.24. The summed E-state index contributed by atoms with van der Waals surface area (Å²) in [4.78, 5) is 24.4. The molecule has 0 saturated carbocycles. The molecule has 3 rings (SSSR count). The second-order valence-electron chi connectivity index (χ2n) is 5.38. The molecule has 9 heteroatoms. The molecule has 0 aromatic heterocycles. The van der Waals surface area contributed by atoms with Crippen LogP contribution in [0, 0.1) is 21.4 Å². The molecule has 1 amide bonds. The van der Waals surface area contributed by atoms with E-state index in [1.807, 2.05) is 6.07 Å². The number of non-ortho nitro benzene ring substituents is 1. The average Bonchev–Trinajstić information content (AvgIpc) is 2.63. The number of nitro groups is 1. The van der Waals surface area contributed by atoms with Crippen molar-refractivity contribution in [3.8, 4) is 6.07 Å². The summed E-state index contributed by atoms with van der Waals surface area (Å²) < 4.78 is 0. The number of hydrogen-bond donors (Lipinski definition) is 2. The maximum absolute atomic E-state index is 12.2. The minimum Gasteiger partial charge on any atom is -0.327 e. The molecular formula is C17H11ClN4O3S. The normalized spacial score (nSPS) is 16.9. The molecular weight excluding hydrogens is 376 g/mol. The Morgan fingerprint density at radius 2 is 1.96 bits per heavy atom. The first-order chi connectivity index (χ1) is 12.4. The molecule has 0 bridgehead atoms. The van der Waals surface area contributed by atoms with Gasteiger partial charge in [-0.1, -0.05) is 23.7 Å². The van der Waals surface area contributed by atoms with Crippen molar-refractivity contribution in [3.05, 3.63) is 79.8 Å². The zero-order chi connectivity index (χ0) is 18.8.